The van der Waals surface area contributed by atoms with Crippen LogP contribution >= 0.6 is 15.9 Å². The van der Waals surface area contributed by atoms with Crippen LogP contribution in [0.2, 0.25) is 0 Å². The Bertz CT molecular complexity index is 625. The summed E-state index contributed by atoms with van der Waals surface area (Å²) in [5.41, 5.74) is 1.86. The normalized spacial score (nSPS) is 10.8. The van der Waals surface area contributed by atoms with Crippen LogP contribution < -0.4 is 5.32 Å². The van der Waals surface area contributed by atoms with E-state index in [0.717, 1.165) is 10.0 Å². The van der Waals surface area contributed by atoms with E-state index in [1.165, 1.54) is 16.8 Å². The summed E-state index contributed by atoms with van der Waals surface area (Å²) in [6.07, 6.45) is -1.04. The van der Waals surface area contributed by atoms with Crippen LogP contribution in [-0.4, -0.2) is 16.9 Å². The highest BCUT2D eigenvalue weighted by atomic mass is 79.9. The predicted octanol–water partition coefficient (Wildman–Crippen LogP) is 4.08. The molecule has 3 nitrogen and oxygen atoms in total. The molecule has 106 valence electrons. The van der Waals surface area contributed by atoms with Gasteiger partial charge >= 0.3 is 0 Å². The zero-order valence-corrected chi connectivity index (χ0v) is 12.3. The SMILES string of the molecule is Cc1ccc(NC(=O)c2cccn2CC(F)F)c(Br)c1. The largest absolute Gasteiger partial charge is 0.338 e. The van der Waals surface area contributed by atoms with Crippen LogP contribution in [-0.2, 0) is 6.54 Å². The van der Waals surface area contributed by atoms with E-state index in [2.05, 4.69) is 21.2 Å². The standard InChI is InChI=1S/C14H13BrF2N2O/c1-9-4-5-11(10(15)7-9)18-14(20)12-3-2-6-19(12)8-13(16)17/h2-7,13H,8H2,1H3,(H,18,20). The van der Waals surface area contributed by atoms with Crippen LogP contribution in [0.15, 0.2) is 41.0 Å². The third-order valence-corrected chi connectivity index (χ3v) is 3.43. The lowest BCUT2D eigenvalue weighted by atomic mass is 10.2. The highest BCUT2D eigenvalue weighted by Crippen LogP contribution is 2.24. The number of hydrogen-bond acceptors (Lipinski definition) is 1. The topological polar surface area (TPSA) is 34.0 Å². The van der Waals surface area contributed by atoms with E-state index in [1.807, 2.05) is 19.1 Å². The molecule has 0 unspecified atom stereocenters. The number of benzene rings is 1. The zero-order valence-electron chi connectivity index (χ0n) is 10.7. The van der Waals surface area contributed by atoms with E-state index in [1.54, 1.807) is 12.1 Å². The van der Waals surface area contributed by atoms with E-state index in [9.17, 15) is 13.6 Å². The summed E-state index contributed by atoms with van der Waals surface area (Å²) in [5, 5.41) is 2.70. The molecule has 1 amide bonds. The molecule has 0 fully saturated rings. The number of nitrogens with one attached hydrogen (secondary N) is 1. The Kier molecular flexibility index (Phi) is 4.54. The lowest BCUT2D eigenvalue weighted by molar-refractivity contribution is 0.0997. The number of halogens is 3. The summed E-state index contributed by atoms with van der Waals surface area (Å²) in [6, 6.07) is 8.57. The van der Waals surface area contributed by atoms with Crippen molar-refractivity contribution >= 4 is 27.5 Å². The Morgan fingerprint density at radius 1 is 1.40 bits per heavy atom. The van der Waals surface area contributed by atoms with Gasteiger partial charge in [-0.15, -0.1) is 0 Å². The monoisotopic (exact) mass is 342 g/mol. The lowest BCUT2D eigenvalue weighted by Gasteiger charge is -2.11. The summed E-state index contributed by atoms with van der Waals surface area (Å²) in [4.78, 5) is 12.1. The van der Waals surface area contributed by atoms with Crippen molar-refractivity contribution in [3.63, 3.8) is 0 Å². The van der Waals surface area contributed by atoms with E-state index in [0.29, 0.717) is 5.69 Å². The first-order chi connectivity index (χ1) is 9.47. The van der Waals surface area contributed by atoms with Gasteiger partial charge in [-0.05, 0) is 52.7 Å². The molecule has 0 aliphatic rings. The summed E-state index contributed by atoms with van der Waals surface area (Å²) in [7, 11) is 0. The Labute approximate surface area is 123 Å². The van der Waals surface area contributed by atoms with Crippen LogP contribution in [0.3, 0.4) is 0 Å². The zero-order chi connectivity index (χ0) is 14.7. The van der Waals surface area contributed by atoms with Crippen LogP contribution in [0.4, 0.5) is 14.5 Å². The molecule has 0 bridgehead atoms. The lowest BCUT2D eigenvalue weighted by Crippen LogP contribution is -2.19. The third-order valence-electron chi connectivity index (χ3n) is 2.77. The van der Waals surface area contributed by atoms with Gasteiger partial charge in [0.15, 0.2) is 0 Å². The van der Waals surface area contributed by atoms with Crippen molar-refractivity contribution in [3.8, 4) is 0 Å². The number of nitrogens with zero attached hydrogens (tertiary/aromatic N) is 1. The molecule has 1 heterocycles. The molecular formula is C14H13BrF2N2O. The van der Waals surface area contributed by atoms with Crippen molar-refractivity contribution in [2.24, 2.45) is 0 Å². The van der Waals surface area contributed by atoms with E-state index < -0.39 is 18.9 Å². The van der Waals surface area contributed by atoms with Crippen molar-refractivity contribution in [2.75, 3.05) is 5.32 Å². The van der Waals surface area contributed by atoms with Gasteiger partial charge < -0.3 is 9.88 Å². The van der Waals surface area contributed by atoms with Crippen LogP contribution in [0.1, 0.15) is 16.1 Å². The van der Waals surface area contributed by atoms with Crippen LogP contribution in [0.5, 0.6) is 0 Å². The maximum atomic E-state index is 12.4. The summed E-state index contributed by atoms with van der Waals surface area (Å²) in [5.74, 6) is -0.416. The Hall–Kier alpha value is -1.69. The van der Waals surface area contributed by atoms with Gasteiger partial charge in [-0.1, -0.05) is 6.07 Å². The molecule has 0 saturated carbocycles. The number of aryl methyl sites for hydroxylation is 1. The fourth-order valence-corrected chi connectivity index (χ4v) is 2.43. The van der Waals surface area contributed by atoms with Gasteiger partial charge in [0.05, 0.1) is 12.2 Å². The van der Waals surface area contributed by atoms with Crippen molar-refractivity contribution in [1.29, 1.82) is 0 Å². The molecule has 0 atom stereocenters. The van der Waals surface area contributed by atoms with Gasteiger partial charge in [-0.3, -0.25) is 4.79 Å². The van der Waals surface area contributed by atoms with Gasteiger partial charge in [-0.2, -0.15) is 0 Å². The molecule has 0 aliphatic heterocycles. The molecule has 1 aromatic heterocycles. The number of rotatable bonds is 4. The maximum Gasteiger partial charge on any atom is 0.272 e. The van der Waals surface area contributed by atoms with Crippen molar-refractivity contribution in [3.05, 3.63) is 52.3 Å². The number of carbonyl (C=O) groups is 1. The Morgan fingerprint density at radius 2 is 2.15 bits per heavy atom. The van der Waals surface area contributed by atoms with Crippen LogP contribution in [0, 0.1) is 6.92 Å². The van der Waals surface area contributed by atoms with Crippen molar-refractivity contribution < 1.29 is 13.6 Å². The quantitative estimate of drug-likeness (QED) is 0.892. The minimum Gasteiger partial charge on any atom is -0.338 e. The minimum atomic E-state index is -2.50. The van der Waals surface area contributed by atoms with Gasteiger partial charge in [0, 0.05) is 10.7 Å². The van der Waals surface area contributed by atoms with Gasteiger partial charge in [0.25, 0.3) is 12.3 Å². The number of hydrogen-bond donors (Lipinski definition) is 1. The molecule has 1 aromatic carbocycles. The number of anilines is 1. The Balaban J connectivity index is 2.18. The maximum absolute atomic E-state index is 12.4. The molecule has 0 spiro atoms. The van der Waals surface area contributed by atoms with Crippen LogP contribution in [0.25, 0.3) is 0 Å². The number of amides is 1. The molecule has 2 rings (SSSR count). The van der Waals surface area contributed by atoms with Gasteiger partial charge in [0.2, 0.25) is 0 Å². The first kappa shape index (κ1) is 14.7. The Morgan fingerprint density at radius 3 is 2.80 bits per heavy atom. The second kappa shape index (κ2) is 6.17. The average Bonchev–Trinajstić information content (AvgIpc) is 2.80. The summed E-state index contributed by atoms with van der Waals surface area (Å²) in [6.45, 7) is 1.44. The number of carbonyl (C=O) groups excluding carboxylic acids is 1. The second-order valence-electron chi connectivity index (χ2n) is 4.37. The molecule has 6 heteroatoms. The molecule has 1 N–H and O–H groups in total. The first-order valence-electron chi connectivity index (χ1n) is 5.98. The molecular weight excluding hydrogens is 330 g/mol. The molecule has 0 aliphatic carbocycles. The average molecular weight is 343 g/mol. The predicted molar refractivity (Wildman–Crippen MR) is 77.3 cm³/mol. The molecule has 0 radical (unpaired) electrons. The molecule has 20 heavy (non-hydrogen) atoms. The number of aromatic nitrogens is 1. The van der Waals surface area contributed by atoms with Gasteiger partial charge in [-0.25, -0.2) is 8.78 Å². The van der Waals surface area contributed by atoms with Crippen molar-refractivity contribution in [2.45, 2.75) is 19.9 Å². The fraction of sp³-hybridized carbons (Fsp3) is 0.214. The van der Waals surface area contributed by atoms with E-state index in [4.69, 9.17) is 0 Å². The van der Waals surface area contributed by atoms with E-state index >= 15 is 0 Å². The third kappa shape index (κ3) is 3.45. The van der Waals surface area contributed by atoms with Crippen molar-refractivity contribution in [1.82, 2.24) is 4.57 Å². The van der Waals surface area contributed by atoms with Gasteiger partial charge in [0.1, 0.15) is 5.69 Å². The molecule has 0 saturated heterocycles. The smallest absolute Gasteiger partial charge is 0.272 e. The summed E-state index contributed by atoms with van der Waals surface area (Å²) >= 11 is 3.36. The second-order valence-corrected chi connectivity index (χ2v) is 5.23. The summed E-state index contributed by atoms with van der Waals surface area (Å²) < 4.78 is 26.8. The minimum absolute atomic E-state index is 0.206. The first-order valence-corrected chi connectivity index (χ1v) is 6.77. The highest BCUT2D eigenvalue weighted by molar-refractivity contribution is 9.10. The molecule has 2 aromatic rings. The highest BCUT2D eigenvalue weighted by Gasteiger charge is 2.14. The van der Waals surface area contributed by atoms with E-state index in [-0.39, 0.29) is 5.69 Å². The fourth-order valence-electron chi connectivity index (χ4n) is 1.84. The number of alkyl halides is 2.